The molecule has 2 heteroatoms. The molecule has 1 aromatic carbocycles. The van der Waals surface area contributed by atoms with Gasteiger partial charge in [-0.2, -0.15) is 0 Å². The van der Waals surface area contributed by atoms with Gasteiger partial charge >= 0.3 is 0 Å². The molecule has 3 rings (SSSR count). The molecule has 1 saturated carbocycles. The molecule has 1 radical (unpaired) electrons. The molecule has 2 nitrogen and oxygen atoms in total. The molecule has 0 bridgehead atoms. The standard InChI is InChI=1S/C16H16NO/c1-2-7-14(8-3-1)16(10-4-5-11-16)18-15-9-6-12-17-13-15/h1-3,6-9,12H,4-5,10-11H2. The normalized spacial score (nSPS) is 17.6. The first kappa shape index (κ1) is 11.3. The van der Waals surface area contributed by atoms with Crippen molar-refractivity contribution in [1.29, 1.82) is 0 Å². The highest BCUT2D eigenvalue weighted by molar-refractivity contribution is 5.27. The number of aromatic nitrogens is 1. The van der Waals surface area contributed by atoms with Crippen molar-refractivity contribution in [2.45, 2.75) is 31.3 Å². The Labute approximate surface area is 108 Å². The zero-order valence-corrected chi connectivity index (χ0v) is 10.3. The summed E-state index contributed by atoms with van der Waals surface area (Å²) in [7, 11) is 0. The van der Waals surface area contributed by atoms with Crippen molar-refractivity contribution in [3.05, 3.63) is 60.4 Å². The summed E-state index contributed by atoms with van der Waals surface area (Å²) in [5.74, 6) is 0.739. The Kier molecular flexibility index (Phi) is 3.01. The third kappa shape index (κ3) is 2.10. The van der Waals surface area contributed by atoms with Gasteiger partial charge in [-0.3, -0.25) is 4.98 Å². The number of rotatable bonds is 3. The predicted molar refractivity (Wildman–Crippen MR) is 70.3 cm³/mol. The van der Waals surface area contributed by atoms with Crippen molar-refractivity contribution in [2.75, 3.05) is 0 Å². The van der Waals surface area contributed by atoms with E-state index in [0.717, 1.165) is 18.6 Å². The number of benzene rings is 1. The second-order valence-corrected chi connectivity index (χ2v) is 4.78. The molecule has 1 heterocycles. The molecule has 0 atom stereocenters. The zero-order chi connectivity index (χ0) is 12.3. The van der Waals surface area contributed by atoms with Gasteiger partial charge in [0.25, 0.3) is 0 Å². The van der Waals surface area contributed by atoms with Gasteiger partial charge in [-0.25, -0.2) is 0 Å². The molecule has 1 aliphatic rings. The molecule has 18 heavy (non-hydrogen) atoms. The highest BCUT2D eigenvalue weighted by Crippen LogP contribution is 2.42. The Balaban J connectivity index is 1.93. The summed E-state index contributed by atoms with van der Waals surface area (Å²) in [6.45, 7) is 0. The van der Waals surface area contributed by atoms with Crippen LogP contribution < -0.4 is 4.74 Å². The molecule has 0 spiro atoms. The molecule has 2 aromatic rings. The van der Waals surface area contributed by atoms with Crippen molar-refractivity contribution in [1.82, 2.24) is 4.98 Å². The van der Waals surface area contributed by atoms with E-state index in [0.29, 0.717) is 0 Å². The second-order valence-electron chi connectivity index (χ2n) is 4.78. The van der Waals surface area contributed by atoms with Gasteiger partial charge in [0.15, 0.2) is 0 Å². The van der Waals surface area contributed by atoms with Gasteiger partial charge in [0, 0.05) is 6.20 Å². The highest BCUT2D eigenvalue weighted by atomic mass is 16.5. The maximum Gasteiger partial charge on any atom is 0.148 e. The van der Waals surface area contributed by atoms with Crippen LogP contribution in [0.3, 0.4) is 0 Å². The smallest absolute Gasteiger partial charge is 0.148 e. The van der Waals surface area contributed by atoms with E-state index in [1.807, 2.05) is 18.2 Å². The molecular weight excluding hydrogens is 222 g/mol. The number of hydrogen-bond acceptors (Lipinski definition) is 2. The van der Waals surface area contributed by atoms with E-state index in [9.17, 15) is 0 Å². The highest BCUT2D eigenvalue weighted by Gasteiger charge is 2.37. The van der Waals surface area contributed by atoms with Crippen LogP contribution in [0.25, 0.3) is 0 Å². The van der Waals surface area contributed by atoms with Crippen molar-refractivity contribution < 1.29 is 4.74 Å². The minimum Gasteiger partial charge on any atom is -0.480 e. The largest absolute Gasteiger partial charge is 0.480 e. The average molecular weight is 238 g/mol. The summed E-state index contributed by atoms with van der Waals surface area (Å²) >= 11 is 0. The Bertz CT molecular complexity index is 489. The number of hydrogen-bond donors (Lipinski definition) is 0. The van der Waals surface area contributed by atoms with E-state index in [1.165, 1.54) is 18.4 Å². The Morgan fingerprint density at radius 3 is 2.44 bits per heavy atom. The van der Waals surface area contributed by atoms with E-state index in [-0.39, 0.29) is 5.60 Å². The Hall–Kier alpha value is -1.83. The van der Waals surface area contributed by atoms with Gasteiger partial charge in [-0.05, 0) is 43.4 Å². The lowest BCUT2D eigenvalue weighted by Gasteiger charge is -2.30. The van der Waals surface area contributed by atoms with Crippen LogP contribution >= 0.6 is 0 Å². The molecule has 0 aliphatic heterocycles. The lowest BCUT2D eigenvalue weighted by molar-refractivity contribution is 0.0731. The van der Waals surface area contributed by atoms with Crippen molar-refractivity contribution in [2.24, 2.45) is 0 Å². The molecule has 0 unspecified atom stereocenters. The second kappa shape index (κ2) is 4.81. The minimum atomic E-state index is -0.180. The van der Waals surface area contributed by atoms with E-state index < -0.39 is 0 Å². The lowest BCUT2D eigenvalue weighted by Crippen LogP contribution is -2.29. The van der Waals surface area contributed by atoms with Crippen LogP contribution in [0.1, 0.15) is 31.2 Å². The quantitative estimate of drug-likeness (QED) is 0.812. The molecule has 91 valence electrons. The molecule has 1 aliphatic carbocycles. The van der Waals surface area contributed by atoms with Gasteiger partial charge in [-0.15, -0.1) is 0 Å². The van der Waals surface area contributed by atoms with E-state index >= 15 is 0 Å². The predicted octanol–water partition coefficient (Wildman–Crippen LogP) is 3.73. The van der Waals surface area contributed by atoms with E-state index in [1.54, 1.807) is 6.20 Å². The maximum absolute atomic E-state index is 6.23. The molecule has 1 fully saturated rings. The molecule has 0 N–H and O–H groups in total. The molecule has 1 aromatic heterocycles. The zero-order valence-electron chi connectivity index (χ0n) is 10.3. The fourth-order valence-electron chi connectivity index (χ4n) is 2.72. The van der Waals surface area contributed by atoms with Crippen molar-refractivity contribution in [3.63, 3.8) is 0 Å². The van der Waals surface area contributed by atoms with Crippen LogP contribution in [-0.2, 0) is 5.60 Å². The van der Waals surface area contributed by atoms with Gasteiger partial charge in [0.1, 0.15) is 17.5 Å². The van der Waals surface area contributed by atoms with Crippen LogP contribution in [-0.4, -0.2) is 4.98 Å². The fourth-order valence-corrected chi connectivity index (χ4v) is 2.72. The summed E-state index contributed by atoms with van der Waals surface area (Å²) in [5, 5.41) is 0. The first-order valence-corrected chi connectivity index (χ1v) is 6.46. The minimum absolute atomic E-state index is 0.180. The van der Waals surface area contributed by atoms with Crippen LogP contribution in [0.15, 0.2) is 48.7 Å². The fraction of sp³-hybridized carbons (Fsp3) is 0.312. The van der Waals surface area contributed by atoms with Crippen LogP contribution in [0.5, 0.6) is 5.75 Å². The summed E-state index contributed by atoms with van der Waals surface area (Å²) in [4.78, 5) is 4.00. The van der Waals surface area contributed by atoms with Gasteiger partial charge in [0.05, 0.1) is 0 Å². The number of pyridine rings is 1. The number of nitrogens with zero attached hydrogens (tertiary/aromatic N) is 1. The van der Waals surface area contributed by atoms with Crippen LogP contribution in [0.4, 0.5) is 0 Å². The number of ether oxygens (including phenoxy) is 1. The lowest BCUT2D eigenvalue weighted by atomic mass is 9.92. The average Bonchev–Trinajstić information content (AvgIpc) is 2.91. The SMILES string of the molecule is [c]1ncccc1OC1(c2ccccc2)CCCC1. The van der Waals surface area contributed by atoms with Gasteiger partial charge in [-0.1, -0.05) is 30.3 Å². The third-order valence-corrected chi connectivity index (χ3v) is 3.60. The van der Waals surface area contributed by atoms with Crippen molar-refractivity contribution in [3.8, 4) is 5.75 Å². The van der Waals surface area contributed by atoms with Crippen LogP contribution in [0, 0.1) is 6.20 Å². The summed E-state index contributed by atoms with van der Waals surface area (Å²) in [6.07, 6.45) is 9.21. The summed E-state index contributed by atoms with van der Waals surface area (Å²) in [6, 6.07) is 14.3. The van der Waals surface area contributed by atoms with Crippen molar-refractivity contribution >= 4 is 0 Å². The molecule has 0 saturated heterocycles. The maximum atomic E-state index is 6.23. The Morgan fingerprint density at radius 1 is 1.00 bits per heavy atom. The molecule has 0 amide bonds. The Morgan fingerprint density at radius 2 is 1.78 bits per heavy atom. The monoisotopic (exact) mass is 238 g/mol. The van der Waals surface area contributed by atoms with E-state index in [4.69, 9.17) is 4.74 Å². The first-order chi connectivity index (χ1) is 8.89. The van der Waals surface area contributed by atoms with Crippen LogP contribution in [0.2, 0.25) is 0 Å². The third-order valence-electron chi connectivity index (χ3n) is 3.60. The van der Waals surface area contributed by atoms with Gasteiger partial charge in [0.2, 0.25) is 0 Å². The van der Waals surface area contributed by atoms with E-state index in [2.05, 4.69) is 35.4 Å². The molecular formula is C16H16NO. The summed E-state index contributed by atoms with van der Waals surface area (Å²) < 4.78 is 6.23. The topological polar surface area (TPSA) is 22.1 Å². The summed E-state index contributed by atoms with van der Waals surface area (Å²) in [5.41, 5.74) is 1.08. The van der Waals surface area contributed by atoms with Gasteiger partial charge < -0.3 is 4.74 Å². The first-order valence-electron chi connectivity index (χ1n) is 6.46.